The van der Waals surface area contributed by atoms with Crippen LogP contribution in [0.4, 0.5) is 17.3 Å². The predicted octanol–water partition coefficient (Wildman–Crippen LogP) is 3.92. The van der Waals surface area contributed by atoms with Crippen molar-refractivity contribution in [1.29, 1.82) is 0 Å². The molecule has 0 spiro atoms. The Morgan fingerprint density at radius 3 is 2.17 bits per heavy atom. The maximum absolute atomic E-state index is 11.4. The van der Waals surface area contributed by atoms with Gasteiger partial charge in [-0.3, -0.25) is 25.0 Å². The smallest absolute Gasteiger partial charge is 0.270 e. The van der Waals surface area contributed by atoms with Crippen LogP contribution in [0.25, 0.3) is 11.3 Å². The molecule has 0 radical (unpaired) electrons. The first-order valence-corrected chi connectivity index (χ1v) is 9.79. The lowest BCUT2D eigenvalue weighted by Crippen LogP contribution is -2.07. The van der Waals surface area contributed by atoms with Gasteiger partial charge in [0.1, 0.15) is 3.74 Å². The summed E-state index contributed by atoms with van der Waals surface area (Å²) in [5, 5.41) is 28.1. The first kappa shape index (κ1) is 23.0. The first-order chi connectivity index (χ1) is 14.2. The molecule has 0 unspecified atom stereocenters. The van der Waals surface area contributed by atoms with Gasteiger partial charge in [-0.1, -0.05) is 56.1 Å². The third-order valence-corrected chi connectivity index (χ3v) is 4.30. The Kier molecular flexibility index (Phi) is 8.00. The summed E-state index contributed by atoms with van der Waals surface area (Å²) in [6, 6.07) is 11.7. The van der Waals surface area contributed by atoms with Gasteiger partial charge in [-0.05, 0) is 0 Å². The zero-order valence-electron chi connectivity index (χ0n) is 14.9. The molecule has 0 aliphatic carbocycles. The molecule has 0 amide bonds. The second-order valence-corrected chi connectivity index (χ2v) is 8.54. The number of nitrogens with zero attached hydrogens (tertiary/aromatic N) is 5. The van der Waals surface area contributed by atoms with E-state index in [1.165, 1.54) is 42.6 Å². The van der Waals surface area contributed by atoms with E-state index in [9.17, 15) is 25.0 Å². The maximum Gasteiger partial charge on any atom is 0.270 e. The van der Waals surface area contributed by atoms with Gasteiger partial charge in [-0.15, -0.1) is 5.10 Å². The molecule has 2 N–H and O–H groups in total. The highest BCUT2D eigenvalue weighted by Gasteiger charge is 2.16. The van der Waals surface area contributed by atoms with E-state index in [0.717, 1.165) is 0 Å². The number of anilines is 1. The summed E-state index contributed by atoms with van der Waals surface area (Å²) in [5.41, 5.74) is 6.62. The molecule has 1 heterocycles. The number of non-ortho nitro benzene ring substituents is 2. The molecular weight excluding hydrogens is 528 g/mol. The van der Waals surface area contributed by atoms with Gasteiger partial charge in [0.25, 0.3) is 11.4 Å². The molecule has 0 saturated carbocycles. The molecule has 0 bridgehead atoms. The topological polar surface area (TPSA) is 168 Å². The average molecular weight is 540 g/mol. The first-order valence-electron chi connectivity index (χ1n) is 7.96. The lowest BCUT2D eigenvalue weighted by molar-refractivity contribution is -0.385. The summed E-state index contributed by atoms with van der Waals surface area (Å²) in [5.74, 6) is -0.210. The third kappa shape index (κ3) is 6.35. The third-order valence-electron chi connectivity index (χ3n) is 3.47. The Hall–Kier alpha value is -3.32. The minimum atomic E-state index is -0.533. The van der Waals surface area contributed by atoms with Crippen molar-refractivity contribution in [2.24, 2.45) is 0 Å². The van der Waals surface area contributed by atoms with Crippen LogP contribution in [-0.4, -0.2) is 34.5 Å². The van der Waals surface area contributed by atoms with Gasteiger partial charge in [-0.25, -0.2) is 4.98 Å². The number of carbonyl (C=O) groups is 1. The van der Waals surface area contributed by atoms with E-state index in [1.807, 2.05) is 0 Å². The van der Waals surface area contributed by atoms with Crippen LogP contribution in [0.3, 0.4) is 0 Å². The fraction of sp³-hybridized carbons (Fsp3) is 0.0588. The molecule has 11 nitrogen and oxygen atoms in total. The van der Waals surface area contributed by atoms with Crippen LogP contribution in [-0.2, 0) is 0 Å². The second-order valence-electron chi connectivity index (χ2n) is 5.48. The summed E-state index contributed by atoms with van der Waals surface area (Å²) in [7, 11) is 0. The number of Topliss-reactive ketones (excluding diaryl/α,β-unsaturated/α-hetero) is 1. The van der Waals surface area contributed by atoms with Gasteiger partial charge < -0.3 is 5.73 Å². The summed E-state index contributed by atoms with van der Waals surface area (Å²) >= 11 is 6.07. The van der Waals surface area contributed by atoms with Crippen LogP contribution >= 0.6 is 31.9 Å². The zero-order chi connectivity index (χ0) is 22.3. The van der Waals surface area contributed by atoms with Crippen LogP contribution in [0.1, 0.15) is 10.4 Å². The highest BCUT2D eigenvalue weighted by atomic mass is 79.9. The van der Waals surface area contributed by atoms with Crippen molar-refractivity contribution < 1.29 is 14.6 Å². The molecule has 0 fully saturated rings. The van der Waals surface area contributed by atoms with E-state index < -0.39 is 13.6 Å². The Bertz CT molecular complexity index is 1100. The molecule has 3 aromatic rings. The molecular formula is C17H12Br2N6O5. The van der Waals surface area contributed by atoms with Gasteiger partial charge in [0.15, 0.2) is 5.78 Å². The van der Waals surface area contributed by atoms with Crippen LogP contribution < -0.4 is 5.73 Å². The van der Waals surface area contributed by atoms with Crippen molar-refractivity contribution >= 4 is 55.0 Å². The number of rotatable bonds is 5. The Balaban J connectivity index is 0.000000216. The number of hydrogen-bond donors (Lipinski definition) is 1. The number of ketones is 1. The fourth-order valence-electron chi connectivity index (χ4n) is 2.13. The lowest BCUT2D eigenvalue weighted by Gasteiger charge is -2.00. The molecule has 0 saturated heterocycles. The number of carbonyl (C=O) groups excluding carboxylic acids is 1. The molecule has 0 aliphatic heterocycles. The van der Waals surface area contributed by atoms with Crippen molar-refractivity contribution in [2.45, 2.75) is 3.74 Å². The SMILES string of the molecule is Nc1nncc(-c2cccc([N+](=O)[O-])c2)n1.O=C(c1cccc([N+](=O)[O-])c1)C(Br)Br. The standard InChI is InChI=1S/C9H7N5O2.C8H5Br2NO3/c10-9-12-8(5-11-13-9)6-2-1-3-7(4-6)14(15)16;9-8(10)7(12)5-2-1-3-6(4-5)11(13)14/h1-5H,(H2,10,12,13);1-4,8H. The van der Waals surface area contributed by atoms with Crippen LogP contribution in [0.15, 0.2) is 54.7 Å². The maximum atomic E-state index is 11.4. The lowest BCUT2D eigenvalue weighted by atomic mass is 10.1. The van der Waals surface area contributed by atoms with Crippen molar-refractivity contribution in [2.75, 3.05) is 5.73 Å². The van der Waals surface area contributed by atoms with Gasteiger partial charge >= 0.3 is 0 Å². The van der Waals surface area contributed by atoms with Gasteiger partial charge in [0.2, 0.25) is 5.95 Å². The van der Waals surface area contributed by atoms with Gasteiger partial charge in [0.05, 0.1) is 21.7 Å². The second kappa shape index (κ2) is 10.5. The predicted molar refractivity (Wildman–Crippen MR) is 115 cm³/mol. The molecule has 154 valence electrons. The van der Waals surface area contributed by atoms with E-state index in [0.29, 0.717) is 16.8 Å². The number of nitrogen functional groups attached to an aromatic ring is 1. The fourth-order valence-corrected chi connectivity index (χ4v) is 2.66. The quantitative estimate of drug-likeness (QED) is 0.218. The number of hydrogen-bond acceptors (Lipinski definition) is 9. The molecule has 1 aromatic heterocycles. The minimum absolute atomic E-state index is 0.00492. The number of alkyl halides is 2. The van der Waals surface area contributed by atoms with Crippen LogP contribution in [0.2, 0.25) is 0 Å². The van der Waals surface area contributed by atoms with E-state index in [4.69, 9.17) is 5.73 Å². The van der Waals surface area contributed by atoms with E-state index >= 15 is 0 Å². The van der Waals surface area contributed by atoms with Gasteiger partial charge in [-0.2, -0.15) is 5.10 Å². The Morgan fingerprint density at radius 1 is 1.00 bits per heavy atom. The highest BCUT2D eigenvalue weighted by molar-refractivity contribution is 9.25. The molecule has 30 heavy (non-hydrogen) atoms. The van der Waals surface area contributed by atoms with Crippen molar-refractivity contribution in [3.8, 4) is 11.3 Å². The summed E-state index contributed by atoms with van der Waals surface area (Å²) in [6.45, 7) is 0. The zero-order valence-corrected chi connectivity index (χ0v) is 18.1. The van der Waals surface area contributed by atoms with E-state index in [1.54, 1.807) is 12.1 Å². The van der Waals surface area contributed by atoms with Crippen molar-refractivity contribution in [3.05, 3.63) is 80.5 Å². The minimum Gasteiger partial charge on any atom is -0.366 e. The Labute approximate surface area is 185 Å². The van der Waals surface area contributed by atoms with Gasteiger partial charge in [0, 0.05) is 35.4 Å². The molecule has 0 aliphatic rings. The monoisotopic (exact) mass is 538 g/mol. The summed E-state index contributed by atoms with van der Waals surface area (Å²) < 4.78 is -0.517. The number of benzene rings is 2. The summed E-state index contributed by atoms with van der Waals surface area (Å²) in [4.78, 5) is 35.3. The Morgan fingerprint density at radius 2 is 1.60 bits per heavy atom. The molecule has 0 atom stereocenters. The van der Waals surface area contributed by atoms with Crippen LogP contribution in [0, 0.1) is 20.2 Å². The number of halogens is 2. The highest BCUT2D eigenvalue weighted by Crippen LogP contribution is 2.21. The van der Waals surface area contributed by atoms with Crippen molar-refractivity contribution in [3.63, 3.8) is 0 Å². The number of nitro groups is 2. The van der Waals surface area contributed by atoms with E-state index in [2.05, 4.69) is 47.0 Å². The van der Waals surface area contributed by atoms with Crippen molar-refractivity contribution in [1.82, 2.24) is 15.2 Å². The number of aromatic nitrogens is 3. The number of nitrogens with two attached hydrogens (primary N) is 1. The average Bonchev–Trinajstić information content (AvgIpc) is 2.73. The normalized spacial score (nSPS) is 10.1. The molecule has 3 rings (SSSR count). The molecule has 2 aromatic carbocycles. The summed E-state index contributed by atoms with van der Waals surface area (Å²) in [6.07, 6.45) is 1.40. The van der Waals surface area contributed by atoms with Crippen LogP contribution in [0.5, 0.6) is 0 Å². The van der Waals surface area contributed by atoms with E-state index in [-0.39, 0.29) is 23.1 Å². The molecule has 13 heteroatoms. The number of nitro benzene ring substituents is 2. The largest absolute Gasteiger partial charge is 0.366 e.